The Hall–Kier alpha value is -1.26. The summed E-state index contributed by atoms with van der Waals surface area (Å²) in [5, 5.41) is 3.19. The number of hydrogen-bond donors (Lipinski definition) is 2. The third-order valence-corrected chi connectivity index (χ3v) is 3.60. The molecule has 0 aliphatic heterocycles. The lowest BCUT2D eigenvalue weighted by Crippen LogP contribution is -2.24. The molecule has 0 bridgehead atoms. The van der Waals surface area contributed by atoms with Crippen LogP contribution in [0.2, 0.25) is 5.02 Å². The molecule has 5 heteroatoms. The Morgan fingerprint density at radius 3 is 2.84 bits per heavy atom. The Morgan fingerprint density at radius 1 is 1.37 bits per heavy atom. The third-order valence-electron chi connectivity index (χ3n) is 3.27. The molecule has 1 aromatic carbocycles. The van der Waals surface area contributed by atoms with Gasteiger partial charge in [-0.25, -0.2) is 0 Å². The average molecular weight is 283 g/mol. The van der Waals surface area contributed by atoms with Crippen LogP contribution in [0.5, 0.6) is 0 Å². The maximum absolute atomic E-state index is 11.8. The van der Waals surface area contributed by atoms with E-state index in [0.717, 1.165) is 12.8 Å². The van der Waals surface area contributed by atoms with Crippen LogP contribution >= 0.6 is 11.6 Å². The maximum atomic E-state index is 11.8. The van der Waals surface area contributed by atoms with E-state index < -0.39 is 0 Å². The number of hydrogen-bond acceptors (Lipinski definition) is 3. The minimum Gasteiger partial charge on any atom is -0.399 e. The van der Waals surface area contributed by atoms with Crippen molar-refractivity contribution in [3.8, 4) is 0 Å². The van der Waals surface area contributed by atoms with Crippen molar-refractivity contribution >= 4 is 28.9 Å². The van der Waals surface area contributed by atoms with Crippen LogP contribution in [-0.2, 0) is 9.53 Å². The van der Waals surface area contributed by atoms with Crippen LogP contribution < -0.4 is 11.1 Å². The van der Waals surface area contributed by atoms with E-state index in [9.17, 15) is 4.79 Å². The molecule has 1 aliphatic rings. The van der Waals surface area contributed by atoms with Crippen LogP contribution in [0.3, 0.4) is 0 Å². The smallest absolute Gasteiger partial charge is 0.250 e. The van der Waals surface area contributed by atoms with Crippen LogP contribution in [0, 0.1) is 0 Å². The van der Waals surface area contributed by atoms with E-state index in [1.54, 1.807) is 18.2 Å². The van der Waals surface area contributed by atoms with Crippen LogP contribution in [0.1, 0.15) is 32.1 Å². The fourth-order valence-electron chi connectivity index (χ4n) is 2.25. The summed E-state index contributed by atoms with van der Waals surface area (Å²) in [6, 6.07) is 4.99. The van der Waals surface area contributed by atoms with Gasteiger partial charge in [-0.2, -0.15) is 0 Å². The quantitative estimate of drug-likeness (QED) is 0.834. The first-order chi connectivity index (χ1) is 9.15. The summed E-state index contributed by atoms with van der Waals surface area (Å²) >= 11 is 5.98. The molecule has 1 saturated carbocycles. The Morgan fingerprint density at radius 2 is 2.11 bits per heavy atom. The second-order valence-corrected chi connectivity index (χ2v) is 5.27. The largest absolute Gasteiger partial charge is 0.399 e. The molecule has 1 fully saturated rings. The van der Waals surface area contributed by atoms with Crippen molar-refractivity contribution < 1.29 is 9.53 Å². The molecule has 0 saturated heterocycles. The maximum Gasteiger partial charge on any atom is 0.250 e. The Kier molecular flexibility index (Phi) is 5.05. The van der Waals surface area contributed by atoms with Crippen LogP contribution in [0.25, 0.3) is 0 Å². The van der Waals surface area contributed by atoms with Crippen LogP contribution in [0.4, 0.5) is 11.4 Å². The number of nitrogens with two attached hydrogens (primary N) is 1. The number of benzene rings is 1. The van der Waals surface area contributed by atoms with Gasteiger partial charge in [0, 0.05) is 5.69 Å². The first-order valence-electron chi connectivity index (χ1n) is 6.61. The van der Waals surface area contributed by atoms with Gasteiger partial charge in [0.15, 0.2) is 0 Å². The van der Waals surface area contributed by atoms with Gasteiger partial charge >= 0.3 is 0 Å². The van der Waals surface area contributed by atoms with E-state index in [2.05, 4.69) is 5.32 Å². The fourth-order valence-corrected chi connectivity index (χ4v) is 2.42. The van der Waals surface area contributed by atoms with Crippen molar-refractivity contribution in [3.05, 3.63) is 23.2 Å². The molecule has 3 N–H and O–H groups in total. The number of rotatable bonds is 4. The Bertz CT molecular complexity index is 445. The van der Waals surface area contributed by atoms with E-state index in [4.69, 9.17) is 22.1 Å². The molecule has 0 aromatic heterocycles. The Balaban J connectivity index is 1.81. The minimum atomic E-state index is -0.196. The fraction of sp³-hybridized carbons (Fsp3) is 0.500. The van der Waals surface area contributed by atoms with Crippen molar-refractivity contribution in [2.45, 2.75) is 38.2 Å². The number of anilines is 2. The number of carbonyl (C=O) groups excluding carboxylic acids is 1. The molecule has 0 spiro atoms. The molecule has 0 heterocycles. The van der Waals surface area contributed by atoms with E-state index >= 15 is 0 Å². The molecule has 104 valence electrons. The van der Waals surface area contributed by atoms with Gasteiger partial charge in [0.1, 0.15) is 6.61 Å². The van der Waals surface area contributed by atoms with Gasteiger partial charge in [-0.15, -0.1) is 0 Å². The van der Waals surface area contributed by atoms with Crippen molar-refractivity contribution in [2.24, 2.45) is 0 Å². The first-order valence-corrected chi connectivity index (χ1v) is 6.99. The highest BCUT2D eigenvalue weighted by Crippen LogP contribution is 2.24. The number of halogens is 1. The Labute approximate surface area is 118 Å². The summed E-state index contributed by atoms with van der Waals surface area (Å²) in [7, 11) is 0. The predicted octanol–water partition coefficient (Wildman–Crippen LogP) is 3.21. The van der Waals surface area contributed by atoms with Crippen molar-refractivity contribution in [1.29, 1.82) is 0 Å². The summed E-state index contributed by atoms with van der Waals surface area (Å²) in [5.74, 6) is -0.196. The highest BCUT2D eigenvalue weighted by Gasteiger charge is 2.15. The molecule has 0 radical (unpaired) electrons. The summed E-state index contributed by atoms with van der Waals surface area (Å²) < 4.78 is 5.60. The highest BCUT2D eigenvalue weighted by atomic mass is 35.5. The van der Waals surface area contributed by atoms with E-state index in [0.29, 0.717) is 16.4 Å². The number of ether oxygens (including phenoxy) is 1. The lowest BCUT2D eigenvalue weighted by molar-refractivity contribution is -0.123. The zero-order chi connectivity index (χ0) is 13.7. The predicted molar refractivity (Wildman–Crippen MR) is 77.3 cm³/mol. The number of nitrogens with one attached hydrogen (secondary N) is 1. The number of nitrogen functional groups attached to an aromatic ring is 1. The van der Waals surface area contributed by atoms with Crippen LogP contribution in [0.15, 0.2) is 18.2 Å². The van der Waals surface area contributed by atoms with E-state index in [-0.39, 0.29) is 18.6 Å². The molecule has 4 nitrogen and oxygen atoms in total. The minimum absolute atomic E-state index is 0.0653. The SMILES string of the molecule is Nc1ccc(Cl)c(NC(=O)COC2CCCCC2)c1. The molecule has 19 heavy (non-hydrogen) atoms. The van der Waals surface area contributed by atoms with Gasteiger partial charge in [0.05, 0.1) is 16.8 Å². The summed E-state index contributed by atoms with van der Waals surface area (Å²) in [6.07, 6.45) is 5.96. The molecule has 2 rings (SSSR count). The topological polar surface area (TPSA) is 64.3 Å². The third kappa shape index (κ3) is 4.40. The number of amides is 1. The zero-order valence-electron chi connectivity index (χ0n) is 10.8. The van der Waals surface area contributed by atoms with Gasteiger partial charge in [0.25, 0.3) is 0 Å². The van der Waals surface area contributed by atoms with Gasteiger partial charge < -0.3 is 15.8 Å². The summed E-state index contributed by atoms with van der Waals surface area (Å²) in [4.78, 5) is 11.8. The second kappa shape index (κ2) is 6.78. The molecule has 0 atom stereocenters. The normalized spacial score (nSPS) is 16.3. The standard InChI is InChI=1S/C14H19ClN2O2/c15-12-7-6-10(16)8-13(12)17-14(18)9-19-11-4-2-1-3-5-11/h6-8,11H,1-5,9,16H2,(H,17,18). The van der Waals surface area contributed by atoms with Crippen molar-refractivity contribution in [2.75, 3.05) is 17.7 Å². The first kappa shape index (κ1) is 14.2. The molecule has 1 aliphatic carbocycles. The average Bonchev–Trinajstić information content (AvgIpc) is 2.42. The monoisotopic (exact) mass is 282 g/mol. The molecule has 1 aromatic rings. The molecular weight excluding hydrogens is 264 g/mol. The van der Waals surface area contributed by atoms with E-state index in [1.807, 2.05) is 0 Å². The van der Waals surface area contributed by atoms with Crippen LogP contribution in [-0.4, -0.2) is 18.6 Å². The molecule has 0 unspecified atom stereocenters. The van der Waals surface area contributed by atoms with Gasteiger partial charge in [-0.05, 0) is 31.0 Å². The van der Waals surface area contributed by atoms with Gasteiger partial charge in [0.2, 0.25) is 5.91 Å². The van der Waals surface area contributed by atoms with Crippen molar-refractivity contribution in [1.82, 2.24) is 0 Å². The molecular formula is C14H19ClN2O2. The van der Waals surface area contributed by atoms with Gasteiger partial charge in [-0.1, -0.05) is 30.9 Å². The van der Waals surface area contributed by atoms with E-state index in [1.165, 1.54) is 19.3 Å². The summed E-state index contributed by atoms with van der Waals surface area (Å²) in [5.41, 5.74) is 6.74. The molecule has 1 amide bonds. The second-order valence-electron chi connectivity index (χ2n) is 4.86. The van der Waals surface area contributed by atoms with Gasteiger partial charge in [-0.3, -0.25) is 4.79 Å². The highest BCUT2D eigenvalue weighted by molar-refractivity contribution is 6.33. The lowest BCUT2D eigenvalue weighted by atomic mass is 9.98. The van der Waals surface area contributed by atoms with Crippen molar-refractivity contribution in [3.63, 3.8) is 0 Å². The number of carbonyl (C=O) groups is 1. The zero-order valence-corrected chi connectivity index (χ0v) is 11.6. The summed E-state index contributed by atoms with van der Waals surface area (Å²) in [6.45, 7) is 0.0653. The lowest BCUT2D eigenvalue weighted by Gasteiger charge is -2.21.